The number of carboxylic acids is 2. The van der Waals surface area contributed by atoms with Crippen LogP contribution in [0.3, 0.4) is 0 Å². The van der Waals surface area contributed by atoms with Gasteiger partial charge < -0.3 is 41.2 Å². The lowest BCUT2D eigenvalue weighted by molar-refractivity contribution is -0.109. The number of carboxylic acid groups (broad SMARTS) is 2. The summed E-state index contributed by atoms with van der Waals surface area (Å²) in [7, 11) is 0. The molecule has 2 aromatic heterocycles. The van der Waals surface area contributed by atoms with Gasteiger partial charge >= 0.3 is 11.9 Å². The largest absolute Gasteiger partial charge is 0.492 e. The first-order valence-electron chi connectivity index (χ1n) is 15.0. The van der Waals surface area contributed by atoms with E-state index in [-0.39, 0.29) is 30.8 Å². The summed E-state index contributed by atoms with van der Waals surface area (Å²) in [6.45, 7) is 5.90. The van der Waals surface area contributed by atoms with Crippen LogP contribution in [-0.4, -0.2) is 76.5 Å². The van der Waals surface area contributed by atoms with Crippen molar-refractivity contribution >= 4 is 51.8 Å². The average Bonchev–Trinajstić information content (AvgIpc) is 3.45. The van der Waals surface area contributed by atoms with Gasteiger partial charge in [-0.25, -0.2) is 19.6 Å². The number of aromatic nitrogens is 3. The van der Waals surface area contributed by atoms with Gasteiger partial charge in [0.2, 0.25) is 12.4 Å². The lowest BCUT2D eigenvalue weighted by Crippen LogP contribution is -2.19. The van der Waals surface area contributed by atoms with E-state index in [0.29, 0.717) is 37.5 Å². The lowest BCUT2D eigenvalue weighted by atomic mass is 9.88. The van der Waals surface area contributed by atoms with Crippen molar-refractivity contribution in [3.05, 3.63) is 77.1 Å². The van der Waals surface area contributed by atoms with Gasteiger partial charge in [-0.1, -0.05) is 43.3 Å². The van der Waals surface area contributed by atoms with E-state index in [1.54, 1.807) is 0 Å². The lowest BCUT2D eigenvalue weighted by Gasteiger charge is -2.16. The average molecular weight is 655 g/mol. The summed E-state index contributed by atoms with van der Waals surface area (Å²) in [5, 5.41) is 23.3. The summed E-state index contributed by atoms with van der Waals surface area (Å²) in [6, 6.07) is 17.1. The predicted octanol–water partition coefficient (Wildman–Crippen LogP) is 4.04. The van der Waals surface area contributed by atoms with Crippen molar-refractivity contribution in [2.75, 3.05) is 44.4 Å². The monoisotopic (exact) mass is 654 g/mol. The Hall–Kier alpha value is -6.02. The second-order valence-electron chi connectivity index (χ2n) is 10.9. The number of nitrogens with one attached hydrogen (secondary N) is 1. The first-order chi connectivity index (χ1) is 23.1. The van der Waals surface area contributed by atoms with Crippen molar-refractivity contribution in [3.63, 3.8) is 0 Å². The molecule has 1 atom stereocenters. The van der Waals surface area contributed by atoms with Crippen LogP contribution < -0.4 is 26.3 Å². The highest BCUT2D eigenvalue weighted by molar-refractivity contribution is 6.05. The molecule has 1 aliphatic heterocycles. The van der Waals surface area contributed by atoms with Gasteiger partial charge in [-0.3, -0.25) is 4.79 Å². The maximum Gasteiger partial charge on any atom is 0.354 e. The molecular weight excluding hydrogens is 620 g/mol. The van der Waals surface area contributed by atoms with Crippen LogP contribution in [0, 0.1) is 6.92 Å². The standard InChI is InChI=1S/C22H20N4O.C12H14N2O7/c1-11-7-8-15(14-6-4-3-5-13(11)14)16-9-17-19(21(23)26-22(24)25-17)20-18(16)12(2)10-27-20;15-7-13-1-2-20-3-4-21-8-5-9(11(16)17)14-10(6-8)12(18)19/h3-9,12H,10H2,1-2H3,(H4,23,24,25,26);5-7H,1-4H2,(H,13,15)(H,16,17)(H,18,19). The number of hydrogen-bond donors (Lipinski definition) is 5. The predicted molar refractivity (Wildman–Crippen MR) is 178 cm³/mol. The van der Waals surface area contributed by atoms with Gasteiger partial charge in [0, 0.05) is 30.2 Å². The van der Waals surface area contributed by atoms with Gasteiger partial charge in [0.05, 0.1) is 30.7 Å². The molecule has 0 radical (unpaired) electrons. The summed E-state index contributed by atoms with van der Waals surface area (Å²) >= 11 is 0. The number of rotatable bonds is 11. The van der Waals surface area contributed by atoms with Gasteiger partial charge in [-0.15, -0.1) is 0 Å². The van der Waals surface area contributed by atoms with Gasteiger partial charge in [-0.2, -0.15) is 4.98 Å². The summed E-state index contributed by atoms with van der Waals surface area (Å²) in [6.07, 6.45) is 0.553. The van der Waals surface area contributed by atoms with E-state index in [1.807, 2.05) is 0 Å². The number of carbonyl (C=O) groups is 3. The molecule has 0 saturated heterocycles. The molecule has 6 rings (SSSR count). The number of aryl methyl sites for hydroxylation is 1. The third kappa shape index (κ3) is 7.18. The fraction of sp³-hybridized carbons (Fsp3) is 0.235. The molecule has 3 heterocycles. The Morgan fingerprint density at radius 3 is 2.35 bits per heavy atom. The topological polar surface area (TPSA) is 222 Å². The zero-order valence-electron chi connectivity index (χ0n) is 26.2. The SMILES string of the molecule is Cc1ccc(-c2cc3nc(N)nc(N)c3c3c2C(C)CO3)c2ccccc12.O=CNCCOCCOc1cc(C(=O)O)nc(C(=O)O)c1. The fourth-order valence-electron chi connectivity index (χ4n) is 5.48. The molecule has 0 bridgehead atoms. The van der Waals surface area contributed by atoms with Crippen molar-refractivity contribution in [3.8, 4) is 22.6 Å². The van der Waals surface area contributed by atoms with E-state index < -0.39 is 23.3 Å². The molecule has 3 aromatic carbocycles. The van der Waals surface area contributed by atoms with Crippen LogP contribution in [0.15, 0.2) is 54.6 Å². The summed E-state index contributed by atoms with van der Waals surface area (Å²) < 4.78 is 16.4. The second kappa shape index (κ2) is 14.6. The summed E-state index contributed by atoms with van der Waals surface area (Å²) in [5.41, 5.74) is 16.6. The number of aromatic carboxylic acids is 2. The third-order valence-corrected chi connectivity index (χ3v) is 7.64. The van der Waals surface area contributed by atoms with Crippen LogP contribution in [-0.2, 0) is 9.53 Å². The third-order valence-electron chi connectivity index (χ3n) is 7.64. The van der Waals surface area contributed by atoms with Crippen molar-refractivity contribution in [2.24, 2.45) is 0 Å². The Kier molecular flexibility index (Phi) is 10.1. The normalized spacial score (nSPS) is 13.2. The number of pyridine rings is 1. The smallest absolute Gasteiger partial charge is 0.354 e. The number of benzene rings is 3. The Labute approximate surface area is 274 Å². The van der Waals surface area contributed by atoms with E-state index >= 15 is 0 Å². The molecule has 7 N–H and O–H groups in total. The van der Waals surface area contributed by atoms with Gasteiger partial charge in [0.25, 0.3) is 0 Å². The number of amides is 1. The Balaban J connectivity index is 0.000000195. The molecule has 14 heteroatoms. The quantitative estimate of drug-likeness (QED) is 0.100. The molecule has 0 spiro atoms. The second-order valence-corrected chi connectivity index (χ2v) is 10.9. The molecular formula is C34H34N6O8. The maximum absolute atomic E-state index is 10.8. The highest BCUT2D eigenvalue weighted by atomic mass is 16.5. The van der Waals surface area contributed by atoms with Crippen LogP contribution in [0.4, 0.5) is 11.8 Å². The highest BCUT2D eigenvalue weighted by Crippen LogP contribution is 2.48. The molecule has 1 unspecified atom stereocenters. The van der Waals surface area contributed by atoms with E-state index in [1.165, 1.54) is 21.9 Å². The first kappa shape index (κ1) is 33.3. The molecule has 1 aliphatic rings. The van der Waals surface area contributed by atoms with Gasteiger partial charge in [-0.05, 0) is 40.5 Å². The van der Waals surface area contributed by atoms with Crippen LogP contribution in [0.2, 0.25) is 0 Å². The van der Waals surface area contributed by atoms with Gasteiger partial charge in [0.15, 0.2) is 11.4 Å². The molecule has 14 nitrogen and oxygen atoms in total. The number of hydrogen-bond acceptors (Lipinski definition) is 11. The number of nitrogens with zero attached hydrogens (tertiary/aromatic N) is 3. The molecule has 1 amide bonds. The zero-order valence-corrected chi connectivity index (χ0v) is 26.2. The number of anilines is 2. The minimum atomic E-state index is -1.35. The summed E-state index contributed by atoms with van der Waals surface area (Å²) in [4.78, 5) is 43.6. The molecule has 248 valence electrons. The number of fused-ring (bicyclic) bond motifs is 4. The van der Waals surface area contributed by atoms with E-state index in [4.69, 9.17) is 35.9 Å². The Morgan fingerprint density at radius 2 is 1.67 bits per heavy atom. The van der Waals surface area contributed by atoms with Crippen LogP contribution in [0.25, 0.3) is 32.8 Å². The first-order valence-corrected chi connectivity index (χ1v) is 15.0. The number of nitrogens with two attached hydrogens (primary N) is 2. The number of nitrogen functional groups attached to an aromatic ring is 2. The van der Waals surface area contributed by atoms with Crippen molar-refractivity contribution in [1.82, 2.24) is 20.3 Å². The van der Waals surface area contributed by atoms with Crippen molar-refractivity contribution in [2.45, 2.75) is 19.8 Å². The van der Waals surface area contributed by atoms with Crippen LogP contribution >= 0.6 is 0 Å². The van der Waals surface area contributed by atoms with Gasteiger partial charge in [0.1, 0.15) is 23.9 Å². The zero-order chi connectivity index (χ0) is 34.4. The van der Waals surface area contributed by atoms with E-state index in [9.17, 15) is 14.4 Å². The molecule has 5 aromatic rings. The van der Waals surface area contributed by atoms with Crippen molar-refractivity contribution < 1.29 is 38.8 Å². The highest BCUT2D eigenvalue weighted by Gasteiger charge is 2.29. The molecule has 0 fully saturated rings. The number of carbonyl (C=O) groups excluding carboxylic acids is 1. The van der Waals surface area contributed by atoms with Crippen molar-refractivity contribution in [1.29, 1.82) is 0 Å². The Bertz CT molecular complexity index is 1990. The molecule has 0 aliphatic carbocycles. The maximum atomic E-state index is 10.8. The summed E-state index contributed by atoms with van der Waals surface area (Å²) in [5.74, 6) is -1.03. The number of ether oxygens (including phenoxy) is 3. The minimum absolute atomic E-state index is 0.0782. The van der Waals surface area contributed by atoms with Crippen LogP contribution in [0.5, 0.6) is 11.5 Å². The van der Waals surface area contributed by atoms with E-state index in [2.05, 4.69) is 76.6 Å². The van der Waals surface area contributed by atoms with E-state index in [0.717, 1.165) is 34.4 Å². The minimum Gasteiger partial charge on any atom is -0.492 e. The fourth-order valence-corrected chi connectivity index (χ4v) is 5.48. The molecule has 0 saturated carbocycles. The molecule has 48 heavy (non-hydrogen) atoms. The Morgan fingerprint density at radius 1 is 0.958 bits per heavy atom. The van der Waals surface area contributed by atoms with Crippen LogP contribution in [0.1, 0.15) is 44.9 Å².